The van der Waals surface area contributed by atoms with Crippen LogP contribution < -0.4 is 10.2 Å². The standard InChI is InChI=1S/C19H17N3O4/c1-11-16-10-14(9-13-3-2-8-21(17(13)16)19(11)24)20-18(23)12-4-6-15(7-5-12)22(25)26/h4-7,9-11H,2-3,8H2,1H3,(H,20,23)/t11-/m0/s1. The smallest absolute Gasteiger partial charge is 0.269 e. The molecule has 2 heterocycles. The predicted octanol–water partition coefficient (Wildman–Crippen LogP) is 3.24. The van der Waals surface area contributed by atoms with Gasteiger partial charge in [0.25, 0.3) is 11.6 Å². The number of aryl methyl sites for hydroxylation is 1. The Balaban J connectivity index is 1.62. The van der Waals surface area contributed by atoms with E-state index in [4.69, 9.17) is 0 Å². The summed E-state index contributed by atoms with van der Waals surface area (Å²) in [5, 5.41) is 13.6. The summed E-state index contributed by atoms with van der Waals surface area (Å²) < 4.78 is 0. The highest BCUT2D eigenvalue weighted by Crippen LogP contribution is 2.44. The number of benzene rings is 2. The molecule has 1 N–H and O–H groups in total. The van der Waals surface area contributed by atoms with Gasteiger partial charge in [-0.3, -0.25) is 19.7 Å². The molecule has 0 bridgehead atoms. The van der Waals surface area contributed by atoms with Crippen LogP contribution in [0.2, 0.25) is 0 Å². The Morgan fingerprint density at radius 2 is 2.00 bits per heavy atom. The fourth-order valence-electron chi connectivity index (χ4n) is 3.71. The molecule has 2 amide bonds. The first-order valence-corrected chi connectivity index (χ1v) is 8.49. The second-order valence-corrected chi connectivity index (χ2v) is 6.65. The van der Waals surface area contributed by atoms with Crippen molar-refractivity contribution < 1.29 is 14.5 Å². The largest absolute Gasteiger partial charge is 0.322 e. The number of nitrogens with one attached hydrogen (secondary N) is 1. The van der Waals surface area contributed by atoms with E-state index in [1.54, 1.807) is 0 Å². The maximum atomic E-state index is 12.5. The molecule has 7 heteroatoms. The van der Waals surface area contributed by atoms with Crippen molar-refractivity contribution in [3.8, 4) is 0 Å². The van der Waals surface area contributed by atoms with Crippen LogP contribution in [-0.4, -0.2) is 23.3 Å². The van der Waals surface area contributed by atoms with Gasteiger partial charge in [-0.05, 0) is 55.2 Å². The number of amides is 2. The Kier molecular flexibility index (Phi) is 3.72. The van der Waals surface area contributed by atoms with E-state index in [9.17, 15) is 19.7 Å². The lowest BCUT2D eigenvalue weighted by Crippen LogP contribution is -2.32. The molecule has 2 aliphatic rings. The van der Waals surface area contributed by atoms with E-state index in [1.807, 2.05) is 24.0 Å². The summed E-state index contributed by atoms with van der Waals surface area (Å²) in [6.45, 7) is 2.63. The topological polar surface area (TPSA) is 92.6 Å². The van der Waals surface area contributed by atoms with Crippen molar-refractivity contribution in [3.05, 3.63) is 63.2 Å². The summed E-state index contributed by atoms with van der Waals surface area (Å²) in [5.74, 6) is -0.436. The Labute approximate surface area is 149 Å². The lowest BCUT2D eigenvalue weighted by atomic mass is 9.96. The monoisotopic (exact) mass is 351 g/mol. The summed E-state index contributed by atoms with van der Waals surface area (Å²) in [7, 11) is 0. The molecule has 0 aliphatic carbocycles. The molecule has 0 radical (unpaired) electrons. The molecule has 0 unspecified atom stereocenters. The third kappa shape index (κ3) is 2.52. The molecule has 0 fully saturated rings. The summed E-state index contributed by atoms with van der Waals surface area (Å²) in [4.78, 5) is 36.9. The van der Waals surface area contributed by atoms with Crippen LogP contribution in [0.15, 0.2) is 36.4 Å². The molecule has 7 nitrogen and oxygen atoms in total. The fraction of sp³-hybridized carbons (Fsp3) is 0.263. The van der Waals surface area contributed by atoms with Crippen LogP contribution in [0.4, 0.5) is 17.1 Å². The third-order valence-corrected chi connectivity index (χ3v) is 5.02. The Morgan fingerprint density at radius 3 is 2.69 bits per heavy atom. The number of hydrogen-bond acceptors (Lipinski definition) is 4. The van der Waals surface area contributed by atoms with Crippen molar-refractivity contribution >= 4 is 28.9 Å². The molecule has 132 valence electrons. The number of carbonyl (C=O) groups excluding carboxylic acids is 2. The number of nitro benzene ring substituents is 1. The van der Waals surface area contributed by atoms with Gasteiger partial charge in [0.15, 0.2) is 0 Å². The van der Waals surface area contributed by atoms with Crippen LogP contribution in [0.3, 0.4) is 0 Å². The van der Waals surface area contributed by atoms with Gasteiger partial charge in [0.2, 0.25) is 5.91 Å². The molecule has 2 aromatic carbocycles. The Morgan fingerprint density at radius 1 is 1.27 bits per heavy atom. The zero-order chi connectivity index (χ0) is 18.4. The van der Waals surface area contributed by atoms with Gasteiger partial charge in [0.05, 0.1) is 16.5 Å². The first kappa shape index (κ1) is 16.3. The Bertz CT molecular complexity index is 937. The van der Waals surface area contributed by atoms with Gasteiger partial charge in [0, 0.05) is 29.9 Å². The van der Waals surface area contributed by atoms with Gasteiger partial charge in [0.1, 0.15) is 0 Å². The second kappa shape index (κ2) is 5.94. The third-order valence-electron chi connectivity index (χ3n) is 5.02. The average Bonchev–Trinajstić information content (AvgIpc) is 2.88. The van der Waals surface area contributed by atoms with Crippen molar-refractivity contribution in [1.82, 2.24) is 0 Å². The number of anilines is 2. The van der Waals surface area contributed by atoms with Gasteiger partial charge in [-0.2, -0.15) is 0 Å². The highest BCUT2D eigenvalue weighted by molar-refractivity contribution is 6.08. The first-order chi connectivity index (χ1) is 12.5. The van der Waals surface area contributed by atoms with Crippen molar-refractivity contribution in [2.75, 3.05) is 16.8 Å². The molecule has 0 spiro atoms. The minimum atomic E-state index is -0.503. The van der Waals surface area contributed by atoms with E-state index < -0.39 is 4.92 Å². The summed E-state index contributed by atoms with van der Waals surface area (Å²) >= 11 is 0. The van der Waals surface area contributed by atoms with Crippen LogP contribution >= 0.6 is 0 Å². The Hall–Kier alpha value is -3.22. The SMILES string of the molecule is C[C@@H]1C(=O)N2CCCc3cc(NC(=O)c4ccc([N+](=O)[O-])cc4)cc1c32. The van der Waals surface area contributed by atoms with Gasteiger partial charge in [-0.15, -0.1) is 0 Å². The first-order valence-electron chi connectivity index (χ1n) is 8.49. The molecule has 2 aliphatic heterocycles. The normalized spacial score (nSPS) is 17.8. The van der Waals surface area contributed by atoms with Gasteiger partial charge in [-0.25, -0.2) is 0 Å². The average molecular weight is 351 g/mol. The number of rotatable bonds is 3. The van der Waals surface area contributed by atoms with Crippen molar-refractivity contribution in [2.24, 2.45) is 0 Å². The maximum Gasteiger partial charge on any atom is 0.269 e. The molecule has 4 rings (SSSR count). The van der Waals surface area contributed by atoms with Crippen LogP contribution in [0.5, 0.6) is 0 Å². The van der Waals surface area contributed by atoms with E-state index in [1.165, 1.54) is 24.3 Å². The summed E-state index contributed by atoms with van der Waals surface area (Å²) in [6, 6.07) is 9.24. The number of carbonyl (C=O) groups is 2. The van der Waals surface area contributed by atoms with Gasteiger partial charge >= 0.3 is 0 Å². The molecular formula is C19H17N3O4. The minimum Gasteiger partial charge on any atom is -0.322 e. The lowest BCUT2D eigenvalue weighted by Gasteiger charge is -2.26. The van der Waals surface area contributed by atoms with Crippen LogP contribution in [0.25, 0.3) is 0 Å². The zero-order valence-corrected chi connectivity index (χ0v) is 14.2. The molecule has 0 saturated heterocycles. The van der Waals surface area contributed by atoms with Crippen molar-refractivity contribution in [3.63, 3.8) is 0 Å². The quantitative estimate of drug-likeness (QED) is 0.679. The van der Waals surface area contributed by atoms with Crippen LogP contribution in [0.1, 0.15) is 40.7 Å². The van der Waals surface area contributed by atoms with Crippen molar-refractivity contribution in [2.45, 2.75) is 25.7 Å². The van der Waals surface area contributed by atoms with E-state index in [-0.39, 0.29) is 23.4 Å². The zero-order valence-electron chi connectivity index (χ0n) is 14.2. The maximum absolute atomic E-state index is 12.5. The highest BCUT2D eigenvalue weighted by atomic mass is 16.6. The van der Waals surface area contributed by atoms with Gasteiger partial charge in [-0.1, -0.05) is 0 Å². The number of nitro groups is 1. The van der Waals surface area contributed by atoms with E-state index in [0.717, 1.165) is 36.2 Å². The van der Waals surface area contributed by atoms with Crippen LogP contribution in [-0.2, 0) is 11.2 Å². The molecular weight excluding hydrogens is 334 g/mol. The number of hydrogen-bond donors (Lipinski definition) is 1. The molecule has 1 atom stereocenters. The van der Waals surface area contributed by atoms with E-state index in [2.05, 4.69) is 5.32 Å². The number of nitrogens with zero attached hydrogens (tertiary/aromatic N) is 2. The second-order valence-electron chi connectivity index (χ2n) is 6.65. The van der Waals surface area contributed by atoms with Crippen molar-refractivity contribution in [1.29, 1.82) is 0 Å². The van der Waals surface area contributed by atoms with Gasteiger partial charge < -0.3 is 10.2 Å². The summed E-state index contributed by atoms with van der Waals surface area (Å²) in [5.41, 5.74) is 3.95. The molecule has 0 saturated carbocycles. The van der Waals surface area contributed by atoms with Crippen LogP contribution in [0, 0.1) is 10.1 Å². The minimum absolute atomic E-state index is 0.0593. The lowest BCUT2D eigenvalue weighted by molar-refractivity contribution is -0.384. The molecule has 2 aromatic rings. The molecule has 0 aromatic heterocycles. The molecule has 26 heavy (non-hydrogen) atoms. The highest BCUT2D eigenvalue weighted by Gasteiger charge is 2.37. The van der Waals surface area contributed by atoms with E-state index in [0.29, 0.717) is 11.3 Å². The summed E-state index contributed by atoms with van der Waals surface area (Å²) in [6.07, 6.45) is 1.78. The number of non-ortho nitro benzene ring substituents is 1. The fourth-order valence-corrected chi connectivity index (χ4v) is 3.71. The van der Waals surface area contributed by atoms with E-state index >= 15 is 0 Å². The predicted molar refractivity (Wildman–Crippen MR) is 96.6 cm³/mol.